The summed E-state index contributed by atoms with van der Waals surface area (Å²) in [5.41, 5.74) is 3.67. The minimum absolute atomic E-state index is 0.00253. The van der Waals surface area contributed by atoms with Gasteiger partial charge in [-0.1, -0.05) is 24.3 Å². The quantitative estimate of drug-likeness (QED) is 0.296. The van der Waals surface area contributed by atoms with Gasteiger partial charge in [0.1, 0.15) is 17.5 Å². The van der Waals surface area contributed by atoms with E-state index in [1.54, 1.807) is 49.0 Å². The lowest BCUT2D eigenvalue weighted by atomic mass is 9.98. The first-order valence-electron chi connectivity index (χ1n) is 11.9. The van der Waals surface area contributed by atoms with Gasteiger partial charge in [-0.3, -0.25) is 14.8 Å². The summed E-state index contributed by atoms with van der Waals surface area (Å²) in [7, 11) is -0.967. The van der Waals surface area contributed by atoms with Crippen molar-refractivity contribution in [1.82, 2.24) is 15.1 Å². The Morgan fingerprint density at radius 2 is 1.39 bits per heavy atom. The van der Waals surface area contributed by atoms with E-state index >= 15 is 0 Å². The number of benzene rings is 3. The Bertz CT molecular complexity index is 1380. The number of rotatable bonds is 8. The van der Waals surface area contributed by atoms with Crippen LogP contribution in [0.1, 0.15) is 23.2 Å². The maximum atomic E-state index is 13.5. The number of hydroxylamine groups is 1. The Balaban J connectivity index is 1.50. The summed E-state index contributed by atoms with van der Waals surface area (Å²) in [6.45, 7) is -0.0196. The van der Waals surface area contributed by atoms with Crippen LogP contribution < -0.4 is 20.3 Å². The summed E-state index contributed by atoms with van der Waals surface area (Å²) in [6.07, 6.45) is 0.289. The second-order valence-electron chi connectivity index (χ2n) is 8.78. The molecule has 0 spiro atoms. The van der Waals surface area contributed by atoms with Crippen molar-refractivity contribution >= 4 is 21.8 Å². The van der Waals surface area contributed by atoms with Crippen molar-refractivity contribution in [2.75, 3.05) is 20.8 Å². The van der Waals surface area contributed by atoms with Crippen molar-refractivity contribution in [1.29, 1.82) is 0 Å². The molecule has 10 nitrogen and oxygen atoms in total. The molecule has 1 heterocycles. The summed E-state index contributed by atoms with van der Waals surface area (Å²) in [6, 6.07) is 18.6. The summed E-state index contributed by atoms with van der Waals surface area (Å²) < 4.78 is 38.4. The lowest BCUT2D eigenvalue weighted by molar-refractivity contribution is -0.134. The molecule has 1 saturated heterocycles. The van der Waals surface area contributed by atoms with Crippen molar-refractivity contribution in [2.24, 2.45) is 0 Å². The highest BCUT2D eigenvalue weighted by molar-refractivity contribution is 7.89. The highest BCUT2D eigenvalue weighted by Gasteiger charge is 2.41. The zero-order chi connectivity index (χ0) is 27.3. The Morgan fingerprint density at radius 1 is 0.868 bits per heavy atom. The van der Waals surface area contributed by atoms with Gasteiger partial charge in [-0.25, -0.2) is 13.9 Å². The summed E-state index contributed by atoms with van der Waals surface area (Å²) >= 11 is 0. The highest BCUT2D eigenvalue weighted by atomic mass is 32.2. The van der Waals surface area contributed by atoms with Crippen molar-refractivity contribution in [3.05, 3.63) is 78.4 Å². The molecule has 2 atom stereocenters. The van der Waals surface area contributed by atoms with E-state index in [1.807, 2.05) is 24.3 Å². The molecule has 38 heavy (non-hydrogen) atoms. The summed E-state index contributed by atoms with van der Waals surface area (Å²) in [5.74, 6) is 0.0968. The molecule has 1 aliphatic heterocycles. The van der Waals surface area contributed by atoms with Crippen molar-refractivity contribution in [3.63, 3.8) is 0 Å². The normalized spacial score (nSPS) is 17.9. The fraction of sp³-hybridized carbons (Fsp3) is 0.259. The molecule has 0 aromatic heterocycles. The smallest absolute Gasteiger partial charge is 0.261 e. The van der Waals surface area contributed by atoms with Gasteiger partial charge >= 0.3 is 0 Å². The van der Waals surface area contributed by atoms with E-state index in [2.05, 4.69) is 5.32 Å². The van der Waals surface area contributed by atoms with Gasteiger partial charge in [0.05, 0.1) is 19.1 Å². The molecule has 4 rings (SSSR count). The highest BCUT2D eigenvalue weighted by Crippen LogP contribution is 2.29. The predicted molar refractivity (Wildman–Crippen MR) is 140 cm³/mol. The van der Waals surface area contributed by atoms with E-state index in [4.69, 9.17) is 9.47 Å². The first kappa shape index (κ1) is 27.1. The van der Waals surface area contributed by atoms with Crippen LogP contribution in [-0.4, -0.2) is 62.6 Å². The molecule has 0 aliphatic carbocycles. The van der Waals surface area contributed by atoms with Gasteiger partial charge in [0.25, 0.3) is 11.8 Å². The molecule has 3 aromatic rings. The van der Waals surface area contributed by atoms with Crippen LogP contribution in [0.4, 0.5) is 0 Å². The van der Waals surface area contributed by atoms with Crippen LogP contribution >= 0.6 is 0 Å². The van der Waals surface area contributed by atoms with Crippen LogP contribution in [0.5, 0.6) is 11.5 Å². The minimum Gasteiger partial charge on any atom is -0.497 e. The maximum Gasteiger partial charge on any atom is 0.261 e. The average Bonchev–Trinajstić information content (AvgIpc) is 2.96. The summed E-state index contributed by atoms with van der Waals surface area (Å²) in [4.78, 5) is 25.2. The predicted octanol–water partition coefficient (Wildman–Crippen LogP) is 2.83. The number of carbonyl (C=O) groups excluding carboxylic acids is 2. The Hall–Kier alpha value is -3.93. The van der Waals surface area contributed by atoms with E-state index in [-0.39, 0.29) is 23.8 Å². The van der Waals surface area contributed by atoms with Gasteiger partial charge in [-0.15, -0.1) is 0 Å². The van der Waals surface area contributed by atoms with Gasteiger partial charge in [0, 0.05) is 18.2 Å². The monoisotopic (exact) mass is 539 g/mol. The molecule has 3 N–H and O–H groups in total. The lowest BCUT2D eigenvalue weighted by Crippen LogP contribution is -2.56. The molecular formula is C27H29N3O7S. The Kier molecular flexibility index (Phi) is 8.30. The van der Waals surface area contributed by atoms with Crippen LogP contribution in [0.3, 0.4) is 0 Å². The number of amides is 2. The third-order valence-electron chi connectivity index (χ3n) is 6.54. The molecule has 11 heteroatoms. The number of nitrogens with one attached hydrogen (secondary N) is 2. The lowest BCUT2D eigenvalue weighted by Gasteiger charge is -2.37. The number of piperidine rings is 1. The molecule has 1 aliphatic rings. The number of carbonyl (C=O) groups is 2. The van der Waals surface area contributed by atoms with E-state index in [9.17, 15) is 23.2 Å². The topological polar surface area (TPSA) is 134 Å². The van der Waals surface area contributed by atoms with Crippen LogP contribution in [0.2, 0.25) is 0 Å². The second-order valence-corrected chi connectivity index (χ2v) is 10.7. The van der Waals surface area contributed by atoms with Crippen molar-refractivity contribution in [3.8, 4) is 22.6 Å². The number of hydrogen-bond acceptors (Lipinski definition) is 7. The largest absolute Gasteiger partial charge is 0.497 e. The van der Waals surface area contributed by atoms with Gasteiger partial charge in [0.2, 0.25) is 10.0 Å². The van der Waals surface area contributed by atoms with E-state index < -0.39 is 28.0 Å². The molecule has 3 aromatic carbocycles. The zero-order valence-electron chi connectivity index (χ0n) is 21.0. The van der Waals surface area contributed by atoms with Crippen LogP contribution in [0, 0.1) is 0 Å². The maximum absolute atomic E-state index is 13.5. The summed E-state index contributed by atoms with van der Waals surface area (Å²) in [5, 5.41) is 12.2. The van der Waals surface area contributed by atoms with Gasteiger partial charge in [0.15, 0.2) is 0 Å². The average molecular weight is 540 g/mol. The fourth-order valence-electron chi connectivity index (χ4n) is 4.42. The third-order valence-corrected chi connectivity index (χ3v) is 8.46. The standard InChI is InChI=1S/C27H29N3O7S/c1-36-22-9-3-18(4-10-22)19-7-13-24(14-8-19)38(34,35)30-16-15-21(17-25(30)27(32)29-33)28-26(31)20-5-11-23(37-2)12-6-20/h3-14,21,25,33H,15-17H2,1-2H3,(H,28,31)(H,29,32). The second kappa shape index (κ2) is 11.6. The molecule has 1 fully saturated rings. The Morgan fingerprint density at radius 3 is 1.92 bits per heavy atom. The molecule has 0 radical (unpaired) electrons. The SMILES string of the molecule is COc1ccc(C(=O)NC2CCN(S(=O)(=O)c3ccc(-c4ccc(OC)cc4)cc3)C(C(=O)NO)C2)cc1. The number of nitrogens with zero attached hydrogens (tertiary/aromatic N) is 1. The van der Waals surface area contributed by atoms with Crippen molar-refractivity contribution < 1.29 is 32.7 Å². The van der Waals surface area contributed by atoms with Gasteiger partial charge in [-0.05, 0) is 72.5 Å². The number of hydrogen-bond donors (Lipinski definition) is 3. The van der Waals surface area contributed by atoms with E-state index in [0.29, 0.717) is 23.5 Å². The molecule has 2 unspecified atom stereocenters. The van der Waals surface area contributed by atoms with Crippen LogP contribution in [0.25, 0.3) is 11.1 Å². The minimum atomic E-state index is -4.07. The van der Waals surface area contributed by atoms with E-state index in [0.717, 1.165) is 15.4 Å². The van der Waals surface area contributed by atoms with E-state index in [1.165, 1.54) is 19.2 Å². The molecule has 2 amide bonds. The molecule has 0 saturated carbocycles. The Labute approximate surface area is 221 Å². The third kappa shape index (κ3) is 5.80. The van der Waals surface area contributed by atoms with Crippen LogP contribution in [-0.2, 0) is 14.8 Å². The van der Waals surface area contributed by atoms with Crippen molar-refractivity contribution in [2.45, 2.75) is 29.8 Å². The molecule has 200 valence electrons. The zero-order valence-corrected chi connectivity index (χ0v) is 21.8. The first-order valence-corrected chi connectivity index (χ1v) is 13.4. The number of sulfonamides is 1. The number of methoxy groups -OCH3 is 2. The first-order chi connectivity index (χ1) is 18.3. The van der Waals surface area contributed by atoms with Gasteiger partial charge in [-0.2, -0.15) is 4.31 Å². The molecule has 0 bridgehead atoms. The number of ether oxygens (including phenoxy) is 2. The van der Waals surface area contributed by atoms with Crippen LogP contribution in [0.15, 0.2) is 77.7 Å². The fourth-order valence-corrected chi connectivity index (χ4v) is 6.04. The van der Waals surface area contributed by atoms with Gasteiger partial charge < -0.3 is 14.8 Å². The molecular weight excluding hydrogens is 510 g/mol.